The highest BCUT2D eigenvalue weighted by Crippen LogP contribution is 2.32. The Hall–Kier alpha value is -2.75. The first-order valence-electron chi connectivity index (χ1n) is 12.0. The van der Waals surface area contributed by atoms with Gasteiger partial charge in [0.25, 0.3) is 0 Å². The predicted molar refractivity (Wildman–Crippen MR) is 136 cm³/mol. The summed E-state index contributed by atoms with van der Waals surface area (Å²) in [6.45, 7) is 0.658. The number of pyridine rings is 2. The number of amides is 1. The molecule has 1 aliphatic carbocycles. The standard InChI is InChI=1S/C26H30FN5O2S/c1-34-18-7-8-23-20(10-18)19(21(27)13-30-23)11-22(28)15-2-4-16(5-3-15)29-12-17-6-9-24-26(31-17)32-25(33)14-35-24/h6-10,13,15-16,22,29H,2-5,11-12,14,28H2,1H3,(H,31,32,33)/t15-,16-,22?. The molecule has 1 amide bonds. The van der Waals surface area contributed by atoms with Gasteiger partial charge in [0.1, 0.15) is 17.4 Å². The van der Waals surface area contributed by atoms with Crippen LogP contribution >= 0.6 is 11.8 Å². The number of hydrogen-bond donors (Lipinski definition) is 3. The van der Waals surface area contributed by atoms with Crippen LogP contribution in [-0.4, -0.2) is 40.8 Å². The molecule has 7 nitrogen and oxygen atoms in total. The van der Waals surface area contributed by atoms with Crippen LogP contribution in [0.1, 0.15) is 36.9 Å². The Morgan fingerprint density at radius 3 is 2.89 bits per heavy atom. The molecule has 2 aliphatic rings. The van der Waals surface area contributed by atoms with E-state index in [1.807, 2.05) is 30.3 Å². The van der Waals surface area contributed by atoms with E-state index < -0.39 is 0 Å². The average molecular weight is 496 g/mol. The van der Waals surface area contributed by atoms with Crippen molar-refractivity contribution in [3.8, 4) is 5.75 Å². The summed E-state index contributed by atoms with van der Waals surface area (Å²) in [4.78, 5) is 21.5. The number of fused-ring (bicyclic) bond motifs is 2. The molecule has 1 saturated carbocycles. The predicted octanol–water partition coefficient (Wildman–Crippen LogP) is 4.04. The van der Waals surface area contributed by atoms with Crippen molar-refractivity contribution < 1.29 is 13.9 Å². The van der Waals surface area contributed by atoms with Crippen molar-refractivity contribution in [1.82, 2.24) is 15.3 Å². The average Bonchev–Trinajstić information content (AvgIpc) is 2.88. The maximum atomic E-state index is 14.7. The lowest BCUT2D eigenvalue weighted by atomic mass is 9.79. The van der Waals surface area contributed by atoms with Crippen LogP contribution in [-0.2, 0) is 17.8 Å². The molecule has 3 aromatic rings. The molecule has 4 N–H and O–H groups in total. The summed E-state index contributed by atoms with van der Waals surface area (Å²) >= 11 is 1.52. The highest BCUT2D eigenvalue weighted by Gasteiger charge is 2.27. The zero-order chi connectivity index (χ0) is 24.4. The number of benzene rings is 1. The van der Waals surface area contributed by atoms with E-state index in [-0.39, 0.29) is 17.8 Å². The van der Waals surface area contributed by atoms with Crippen molar-refractivity contribution in [2.75, 3.05) is 18.2 Å². The normalized spacial score (nSPS) is 20.8. The molecule has 1 fully saturated rings. The SMILES string of the molecule is COc1ccc2ncc(F)c(CC(N)[C@H]3CC[C@H](NCc4ccc5c(n4)NC(=O)CS5)CC3)c2c1. The molecule has 1 aliphatic heterocycles. The van der Waals surface area contributed by atoms with E-state index in [0.717, 1.165) is 47.2 Å². The molecule has 0 saturated heterocycles. The minimum atomic E-state index is -0.316. The largest absolute Gasteiger partial charge is 0.497 e. The third-order valence-electron chi connectivity index (χ3n) is 7.06. The van der Waals surface area contributed by atoms with Crippen molar-refractivity contribution in [3.05, 3.63) is 53.6 Å². The molecule has 3 heterocycles. The van der Waals surface area contributed by atoms with Crippen LogP contribution in [0, 0.1) is 11.7 Å². The van der Waals surface area contributed by atoms with Crippen molar-refractivity contribution in [2.24, 2.45) is 11.7 Å². The third kappa shape index (κ3) is 5.42. The van der Waals surface area contributed by atoms with Crippen LogP contribution < -0.4 is 21.1 Å². The highest BCUT2D eigenvalue weighted by atomic mass is 32.2. The zero-order valence-electron chi connectivity index (χ0n) is 19.7. The topological polar surface area (TPSA) is 102 Å². The van der Waals surface area contributed by atoms with E-state index in [1.165, 1.54) is 18.0 Å². The number of nitrogens with zero attached hydrogens (tertiary/aromatic N) is 2. The van der Waals surface area contributed by atoms with Crippen LogP contribution in [0.25, 0.3) is 10.9 Å². The molecule has 35 heavy (non-hydrogen) atoms. The van der Waals surface area contributed by atoms with Gasteiger partial charge in [-0.05, 0) is 68.4 Å². The first-order chi connectivity index (χ1) is 17.0. The van der Waals surface area contributed by atoms with E-state index in [2.05, 4.69) is 20.6 Å². The van der Waals surface area contributed by atoms with Gasteiger partial charge in [-0.1, -0.05) is 0 Å². The van der Waals surface area contributed by atoms with E-state index >= 15 is 0 Å². The number of rotatable bonds is 7. The van der Waals surface area contributed by atoms with Gasteiger partial charge < -0.3 is 21.1 Å². The summed E-state index contributed by atoms with van der Waals surface area (Å²) in [5.74, 6) is 1.80. The van der Waals surface area contributed by atoms with E-state index in [1.54, 1.807) is 7.11 Å². The maximum absolute atomic E-state index is 14.7. The Morgan fingerprint density at radius 2 is 2.09 bits per heavy atom. The second-order valence-electron chi connectivity index (χ2n) is 9.31. The van der Waals surface area contributed by atoms with Crippen LogP contribution in [0.5, 0.6) is 5.75 Å². The van der Waals surface area contributed by atoms with Gasteiger partial charge in [0.05, 0.1) is 35.2 Å². The number of methoxy groups -OCH3 is 1. The molecule has 0 radical (unpaired) electrons. The van der Waals surface area contributed by atoms with Crippen molar-refractivity contribution in [2.45, 2.75) is 55.6 Å². The van der Waals surface area contributed by atoms with Crippen LogP contribution in [0.2, 0.25) is 0 Å². The Bertz CT molecular complexity index is 1230. The maximum Gasteiger partial charge on any atom is 0.235 e. The summed E-state index contributed by atoms with van der Waals surface area (Å²) < 4.78 is 20.1. The summed E-state index contributed by atoms with van der Waals surface area (Å²) in [6, 6.07) is 9.84. The van der Waals surface area contributed by atoms with Crippen molar-refractivity contribution >= 4 is 34.4 Å². The van der Waals surface area contributed by atoms with Gasteiger partial charge in [0.15, 0.2) is 0 Å². The van der Waals surface area contributed by atoms with E-state index in [4.69, 9.17) is 10.5 Å². The number of ether oxygens (including phenoxy) is 1. The quantitative estimate of drug-likeness (QED) is 0.455. The fraction of sp³-hybridized carbons (Fsp3) is 0.423. The Kier molecular flexibility index (Phi) is 7.17. The Balaban J connectivity index is 1.16. The lowest BCUT2D eigenvalue weighted by Gasteiger charge is -2.33. The van der Waals surface area contributed by atoms with Crippen LogP contribution in [0.4, 0.5) is 10.2 Å². The summed E-state index contributed by atoms with van der Waals surface area (Å²) in [5, 5.41) is 7.22. The zero-order valence-corrected chi connectivity index (χ0v) is 20.5. The Morgan fingerprint density at radius 1 is 1.26 bits per heavy atom. The van der Waals surface area contributed by atoms with Gasteiger partial charge in [0, 0.05) is 29.6 Å². The first kappa shape index (κ1) is 24.0. The van der Waals surface area contributed by atoms with Crippen LogP contribution in [0.3, 0.4) is 0 Å². The fourth-order valence-electron chi connectivity index (χ4n) is 5.04. The number of aromatic nitrogens is 2. The van der Waals surface area contributed by atoms with Crippen molar-refractivity contribution in [3.63, 3.8) is 0 Å². The van der Waals surface area contributed by atoms with Crippen LogP contribution in [0.15, 0.2) is 41.4 Å². The number of nitrogens with two attached hydrogens (primary N) is 1. The molecule has 0 bridgehead atoms. The molecule has 5 rings (SSSR count). The van der Waals surface area contributed by atoms with Gasteiger partial charge in [-0.25, -0.2) is 9.37 Å². The molecule has 1 atom stereocenters. The summed E-state index contributed by atoms with van der Waals surface area (Å²) in [5.41, 5.74) is 8.89. The number of anilines is 1. The Labute approximate surface area is 208 Å². The minimum Gasteiger partial charge on any atom is -0.497 e. The smallest absolute Gasteiger partial charge is 0.235 e. The number of hydrogen-bond acceptors (Lipinski definition) is 7. The summed E-state index contributed by atoms with van der Waals surface area (Å²) in [6.07, 6.45) is 5.79. The molecule has 1 aromatic carbocycles. The third-order valence-corrected chi connectivity index (χ3v) is 8.10. The van der Waals surface area contributed by atoms with Gasteiger partial charge >= 0.3 is 0 Å². The van der Waals surface area contributed by atoms with E-state index in [9.17, 15) is 9.18 Å². The number of carbonyl (C=O) groups excluding carboxylic acids is 1. The van der Waals surface area contributed by atoms with Crippen molar-refractivity contribution in [1.29, 1.82) is 0 Å². The molecular weight excluding hydrogens is 465 g/mol. The van der Waals surface area contributed by atoms with Gasteiger partial charge in [-0.2, -0.15) is 0 Å². The van der Waals surface area contributed by atoms with Gasteiger partial charge in [-0.3, -0.25) is 9.78 Å². The lowest BCUT2D eigenvalue weighted by Crippen LogP contribution is -2.39. The second-order valence-corrected chi connectivity index (χ2v) is 10.3. The monoisotopic (exact) mass is 495 g/mol. The number of nitrogens with one attached hydrogen (secondary N) is 2. The van der Waals surface area contributed by atoms with Gasteiger partial charge in [0.2, 0.25) is 5.91 Å². The highest BCUT2D eigenvalue weighted by molar-refractivity contribution is 8.00. The molecular formula is C26H30FN5O2S. The first-order valence-corrected chi connectivity index (χ1v) is 13.0. The number of carbonyl (C=O) groups is 1. The molecule has 0 spiro atoms. The lowest BCUT2D eigenvalue weighted by molar-refractivity contribution is -0.113. The number of thioether (sulfide) groups is 1. The fourth-order valence-corrected chi connectivity index (χ4v) is 5.80. The molecule has 2 aromatic heterocycles. The molecule has 184 valence electrons. The van der Waals surface area contributed by atoms with E-state index in [0.29, 0.717) is 47.8 Å². The summed E-state index contributed by atoms with van der Waals surface area (Å²) in [7, 11) is 1.60. The van der Waals surface area contributed by atoms with Gasteiger partial charge in [-0.15, -0.1) is 11.8 Å². The number of halogens is 1. The minimum absolute atomic E-state index is 0.00597. The second kappa shape index (κ2) is 10.5. The molecule has 1 unspecified atom stereocenters. The molecule has 9 heteroatoms.